The molecule has 3 fully saturated rings. The van der Waals surface area contributed by atoms with Crippen LogP contribution in [0.25, 0.3) is 0 Å². The summed E-state index contributed by atoms with van der Waals surface area (Å²) in [5.74, 6) is 0. The van der Waals surface area contributed by atoms with Gasteiger partial charge in [-0.3, -0.25) is 0 Å². The normalized spacial score (nSPS) is 37.4. The zero-order chi connectivity index (χ0) is 11.5. The molecule has 2 N–H and O–H groups in total. The molecule has 0 aromatic heterocycles. The van der Waals surface area contributed by atoms with Crippen molar-refractivity contribution in [3.05, 3.63) is 0 Å². The lowest BCUT2D eigenvalue weighted by Gasteiger charge is -2.37. The van der Waals surface area contributed by atoms with Gasteiger partial charge in [0.2, 0.25) is 0 Å². The Bertz CT molecular complexity index is 221. The Morgan fingerprint density at radius 2 is 1.00 bits per heavy atom. The van der Waals surface area contributed by atoms with Gasteiger partial charge in [-0.25, -0.2) is 0 Å². The molecule has 0 amide bonds. The lowest BCUT2D eigenvalue weighted by atomic mass is 9.98. The summed E-state index contributed by atoms with van der Waals surface area (Å²) in [6.45, 7) is 5.92. The van der Waals surface area contributed by atoms with Crippen LogP contribution in [0.2, 0.25) is 0 Å². The molecule has 0 aromatic carbocycles. The summed E-state index contributed by atoms with van der Waals surface area (Å²) in [6.07, 6.45) is 13.6. The minimum atomic E-state index is 1.03. The summed E-state index contributed by atoms with van der Waals surface area (Å²) in [7, 11) is 0. The van der Waals surface area contributed by atoms with E-state index in [2.05, 4.69) is 0 Å². The highest BCUT2D eigenvalue weighted by molar-refractivity contribution is 4.69. The molecule has 98 valence electrons. The van der Waals surface area contributed by atoms with E-state index in [1.807, 2.05) is 9.80 Å². The van der Waals surface area contributed by atoms with E-state index in [4.69, 9.17) is 0 Å². The average Bonchev–Trinajstić information content (AvgIpc) is 2.94. The molecule has 0 unspecified atom stereocenters. The minimum absolute atomic E-state index is 1.03. The van der Waals surface area contributed by atoms with Crippen LogP contribution in [0, 0.1) is 0 Å². The quantitative estimate of drug-likeness (QED) is 0.672. The van der Waals surface area contributed by atoms with E-state index >= 15 is 0 Å². The molecule has 2 saturated heterocycles. The second-order valence-corrected chi connectivity index (χ2v) is 6.63. The van der Waals surface area contributed by atoms with Crippen molar-refractivity contribution < 1.29 is 9.80 Å². The van der Waals surface area contributed by atoms with Crippen molar-refractivity contribution in [1.29, 1.82) is 0 Å². The van der Waals surface area contributed by atoms with Crippen LogP contribution < -0.4 is 9.80 Å². The topological polar surface area (TPSA) is 8.88 Å². The summed E-state index contributed by atoms with van der Waals surface area (Å²) in [6, 6.07) is 2.08. The maximum Gasteiger partial charge on any atom is 0.0983 e. The largest absolute Gasteiger partial charge is 0.332 e. The number of rotatable bonds is 2. The Balaban J connectivity index is 1.46. The molecular weight excluding hydrogens is 208 g/mol. The summed E-state index contributed by atoms with van der Waals surface area (Å²) >= 11 is 0. The molecule has 2 heteroatoms. The maximum absolute atomic E-state index is 1.97. The summed E-state index contributed by atoms with van der Waals surface area (Å²) in [5.41, 5.74) is 0. The molecule has 1 saturated carbocycles. The summed E-state index contributed by atoms with van der Waals surface area (Å²) in [5, 5.41) is 0. The van der Waals surface area contributed by atoms with Crippen LogP contribution in [0.15, 0.2) is 0 Å². The van der Waals surface area contributed by atoms with Crippen LogP contribution in [-0.4, -0.2) is 38.3 Å². The maximum atomic E-state index is 1.97. The van der Waals surface area contributed by atoms with E-state index in [9.17, 15) is 0 Å². The Kier molecular flexibility index (Phi) is 4.02. The van der Waals surface area contributed by atoms with Crippen molar-refractivity contribution in [3.63, 3.8) is 0 Å². The van der Waals surface area contributed by atoms with Crippen molar-refractivity contribution in [2.45, 2.75) is 69.9 Å². The Hall–Kier alpha value is -0.0800. The predicted molar refractivity (Wildman–Crippen MR) is 70.5 cm³/mol. The van der Waals surface area contributed by atoms with Gasteiger partial charge >= 0.3 is 0 Å². The van der Waals surface area contributed by atoms with E-state index in [1.54, 1.807) is 0 Å². The smallest absolute Gasteiger partial charge is 0.0983 e. The van der Waals surface area contributed by atoms with Crippen LogP contribution in [0.5, 0.6) is 0 Å². The highest BCUT2D eigenvalue weighted by Crippen LogP contribution is 2.16. The van der Waals surface area contributed by atoms with Gasteiger partial charge in [0, 0.05) is 12.8 Å². The van der Waals surface area contributed by atoms with Crippen molar-refractivity contribution in [2.75, 3.05) is 26.2 Å². The Labute approximate surface area is 106 Å². The first-order valence-corrected chi connectivity index (χ1v) is 8.12. The average molecular weight is 238 g/mol. The number of hydrogen-bond acceptors (Lipinski definition) is 0. The number of piperidine rings is 2. The Morgan fingerprint density at radius 1 is 0.471 bits per heavy atom. The number of nitrogens with one attached hydrogen (secondary N) is 2. The molecule has 0 spiro atoms. The van der Waals surface area contributed by atoms with Gasteiger partial charge in [-0.05, 0) is 44.9 Å². The van der Waals surface area contributed by atoms with Gasteiger partial charge in [-0.15, -0.1) is 0 Å². The molecular formula is C15H30N2+2. The number of quaternary nitrogens is 2. The first kappa shape index (κ1) is 12.0. The Morgan fingerprint density at radius 3 is 1.65 bits per heavy atom. The van der Waals surface area contributed by atoms with Crippen molar-refractivity contribution in [1.82, 2.24) is 0 Å². The van der Waals surface area contributed by atoms with Gasteiger partial charge in [-0.2, -0.15) is 0 Å². The van der Waals surface area contributed by atoms with Crippen LogP contribution in [0.3, 0.4) is 0 Å². The number of likely N-dealkylation sites (tertiary alicyclic amines) is 2. The van der Waals surface area contributed by atoms with Crippen molar-refractivity contribution >= 4 is 0 Å². The fourth-order valence-electron chi connectivity index (χ4n) is 4.55. The molecule has 0 bridgehead atoms. The SMILES string of the molecule is C1CC[NH+](C2CC[NH+](C3CCCC3)CC2)CC1. The second kappa shape index (κ2) is 5.71. The van der Waals surface area contributed by atoms with E-state index in [0.717, 1.165) is 12.1 Å². The molecule has 0 aromatic rings. The first-order chi connectivity index (χ1) is 8.43. The van der Waals surface area contributed by atoms with Gasteiger partial charge < -0.3 is 9.80 Å². The molecule has 3 aliphatic rings. The molecule has 0 atom stereocenters. The van der Waals surface area contributed by atoms with E-state index in [1.165, 1.54) is 84.0 Å². The molecule has 17 heavy (non-hydrogen) atoms. The van der Waals surface area contributed by atoms with Crippen LogP contribution in [-0.2, 0) is 0 Å². The third kappa shape index (κ3) is 2.85. The zero-order valence-electron chi connectivity index (χ0n) is 11.3. The molecule has 1 aliphatic carbocycles. The fourth-order valence-corrected chi connectivity index (χ4v) is 4.55. The van der Waals surface area contributed by atoms with Crippen LogP contribution in [0.4, 0.5) is 0 Å². The second-order valence-electron chi connectivity index (χ2n) is 6.63. The molecule has 3 rings (SSSR count). The molecule has 2 aliphatic heterocycles. The van der Waals surface area contributed by atoms with Gasteiger partial charge in [0.25, 0.3) is 0 Å². The molecule has 2 heterocycles. The van der Waals surface area contributed by atoms with Gasteiger partial charge in [0.15, 0.2) is 0 Å². The molecule has 0 radical (unpaired) electrons. The van der Waals surface area contributed by atoms with Gasteiger partial charge in [0.1, 0.15) is 0 Å². The first-order valence-electron chi connectivity index (χ1n) is 8.12. The summed E-state index contributed by atoms with van der Waals surface area (Å²) < 4.78 is 0. The van der Waals surface area contributed by atoms with E-state index in [-0.39, 0.29) is 0 Å². The number of hydrogen-bond donors (Lipinski definition) is 2. The van der Waals surface area contributed by atoms with Crippen molar-refractivity contribution in [3.8, 4) is 0 Å². The highest BCUT2D eigenvalue weighted by atomic mass is 15.2. The zero-order valence-corrected chi connectivity index (χ0v) is 11.3. The van der Waals surface area contributed by atoms with Crippen molar-refractivity contribution in [2.24, 2.45) is 0 Å². The van der Waals surface area contributed by atoms with E-state index in [0.29, 0.717) is 0 Å². The fraction of sp³-hybridized carbons (Fsp3) is 1.00. The molecule has 2 nitrogen and oxygen atoms in total. The van der Waals surface area contributed by atoms with Gasteiger partial charge in [-0.1, -0.05) is 0 Å². The standard InChI is InChI=1S/C15H28N2/c1-4-10-16(11-5-1)15-8-12-17(13-9-15)14-6-2-3-7-14/h14-15H,1-13H2/p+2. The lowest BCUT2D eigenvalue weighted by molar-refractivity contribution is -0.970. The highest BCUT2D eigenvalue weighted by Gasteiger charge is 2.34. The van der Waals surface area contributed by atoms with Crippen LogP contribution >= 0.6 is 0 Å². The third-order valence-electron chi connectivity index (χ3n) is 5.63. The summed E-state index contributed by atoms with van der Waals surface area (Å²) in [4.78, 5) is 3.93. The third-order valence-corrected chi connectivity index (χ3v) is 5.63. The van der Waals surface area contributed by atoms with E-state index < -0.39 is 0 Å². The van der Waals surface area contributed by atoms with Crippen LogP contribution in [0.1, 0.15) is 57.8 Å². The minimum Gasteiger partial charge on any atom is -0.332 e. The lowest BCUT2D eigenvalue weighted by Crippen LogP contribution is -3.22. The van der Waals surface area contributed by atoms with Gasteiger partial charge in [0.05, 0.1) is 38.3 Å². The predicted octanol–water partition coefficient (Wildman–Crippen LogP) is 0.0451. The monoisotopic (exact) mass is 238 g/mol.